The van der Waals surface area contributed by atoms with Crippen molar-refractivity contribution in [2.75, 3.05) is 13.2 Å². The molecule has 1 heterocycles. The van der Waals surface area contributed by atoms with Crippen LogP contribution < -0.4 is 5.32 Å². The average Bonchev–Trinajstić information content (AvgIpc) is 3.43. The average molecular weight is 1080 g/mol. The van der Waals surface area contributed by atoms with Crippen LogP contribution in [0.2, 0.25) is 0 Å². The van der Waals surface area contributed by atoms with Crippen molar-refractivity contribution in [1.29, 1.82) is 0 Å². The topological polar surface area (TPSA) is 149 Å². The second kappa shape index (κ2) is 56.4. The Balaban J connectivity index is 2.21. The molecule has 0 aromatic rings. The van der Waals surface area contributed by atoms with Crippen molar-refractivity contribution < 1.29 is 39.8 Å². The van der Waals surface area contributed by atoms with Crippen LogP contribution >= 0.6 is 0 Å². The number of nitrogens with one attached hydrogen (secondary N) is 1. The second-order valence-electron chi connectivity index (χ2n) is 21.8. The minimum atomic E-state index is -1.59. The van der Waals surface area contributed by atoms with E-state index in [9.17, 15) is 30.3 Å². The van der Waals surface area contributed by atoms with Crippen LogP contribution in [0.5, 0.6) is 0 Å². The molecule has 7 unspecified atom stereocenters. The predicted molar refractivity (Wildman–Crippen MR) is 327 cm³/mol. The molecule has 0 aromatic carbocycles. The highest BCUT2D eigenvalue weighted by molar-refractivity contribution is 5.76. The Kier molecular flexibility index (Phi) is 52.8. The van der Waals surface area contributed by atoms with Gasteiger partial charge in [0.2, 0.25) is 5.91 Å². The van der Waals surface area contributed by atoms with Gasteiger partial charge in [0.15, 0.2) is 6.29 Å². The molecule has 9 nitrogen and oxygen atoms in total. The number of unbranched alkanes of at least 4 members (excludes halogenated alkanes) is 30. The van der Waals surface area contributed by atoms with Gasteiger partial charge in [-0.05, 0) is 83.5 Å². The van der Waals surface area contributed by atoms with E-state index in [4.69, 9.17) is 9.47 Å². The van der Waals surface area contributed by atoms with Gasteiger partial charge in [-0.25, -0.2) is 0 Å². The van der Waals surface area contributed by atoms with Crippen molar-refractivity contribution in [3.8, 4) is 0 Å². The molecule has 0 spiro atoms. The van der Waals surface area contributed by atoms with Crippen LogP contribution in [0.25, 0.3) is 0 Å². The first-order chi connectivity index (χ1) is 37.8. The number of ether oxygens (including phenoxy) is 2. The minimum Gasteiger partial charge on any atom is -0.394 e. The number of hydrogen-bond acceptors (Lipinski definition) is 8. The van der Waals surface area contributed by atoms with E-state index in [1.807, 2.05) is 6.08 Å². The summed E-state index contributed by atoms with van der Waals surface area (Å²) in [5.41, 5.74) is 0. The van der Waals surface area contributed by atoms with Gasteiger partial charge in [-0.2, -0.15) is 0 Å². The molecule has 1 rings (SSSR count). The molecule has 1 saturated heterocycles. The second-order valence-corrected chi connectivity index (χ2v) is 21.8. The van der Waals surface area contributed by atoms with Crippen molar-refractivity contribution in [1.82, 2.24) is 5.32 Å². The molecule has 7 atom stereocenters. The Morgan fingerprint density at radius 1 is 0.455 bits per heavy atom. The number of aliphatic hydroxyl groups excluding tert-OH is 5. The van der Waals surface area contributed by atoms with Crippen LogP contribution in [0, 0.1) is 0 Å². The highest BCUT2D eigenvalue weighted by Gasteiger charge is 2.44. The van der Waals surface area contributed by atoms with Crippen molar-refractivity contribution in [2.24, 2.45) is 0 Å². The van der Waals surface area contributed by atoms with Crippen LogP contribution in [0.3, 0.4) is 0 Å². The number of carbonyl (C=O) groups is 1. The zero-order chi connectivity index (χ0) is 55.8. The maximum absolute atomic E-state index is 13.1. The molecule has 1 fully saturated rings. The van der Waals surface area contributed by atoms with Gasteiger partial charge in [0.05, 0.1) is 25.4 Å². The normalized spacial score (nSPS) is 19.4. The quantitative estimate of drug-likeness (QED) is 0.0261. The summed E-state index contributed by atoms with van der Waals surface area (Å²) in [4.78, 5) is 13.1. The molecular weight excluding hydrogens is 959 g/mol. The number of allylic oxidation sites excluding steroid dienone is 15. The number of rotatable bonds is 54. The lowest BCUT2D eigenvalue weighted by Gasteiger charge is -2.40. The monoisotopic (exact) mass is 1080 g/mol. The van der Waals surface area contributed by atoms with E-state index in [1.54, 1.807) is 6.08 Å². The van der Waals surface area contributed by atoms with E-state index in [0.29, 0.717) is 6.42 Å². The first-order valence-corrected chi connectivity index (χ1v) is 32.0. The van der Waals surface area contributed by atoms with E-state index in [1.165, 1.54) is 173 Å². The first kappa shape index (κ1) is 72.1. The summed E-state index contributed by atoms with van der Waals surface area (Å²) >= 11 is 0. The highest BCUT2D eigenvalue weighted by Crippen LogP contribution is 2.23. The zero-order valence-corrected chi connectivity index (χ0v) is 49.4. The highest BCUT2D eigenvalue weighted by atomic mass is 16.7. The molecule has 77 heavy (non-hydrogen) atoms. The maximum atomic E-state index is 13.1. The Morgan fingerprint density at radius 3 is 1.25 bits per heavy atom. The molecule has 0 radical (unpaired) electrons. The Hall–Kier alpha value is -2.89. The summed E-state index contributed by atoms with van der Waals surface area (Å²) in [7, 11) is 0. The fraction of sp³-hybridized carbons (Fsp3) is 0.750. The summed E-state index contributed by atoms with van der Waals surface area (Å²) in [6.07, 6.45) is 75.1. The molecule has 444 valence electrons. The largest absolute Gasteiger partial charge is 0.394 e. The number of carbonyl (C=O) groups excluding carboxylic acids is 1. The molecule has 0 aliphatic carbocycles. The lowest BCUT2D eigenvalue weighted by atomic mass is 9.99. The van der Waals surface area contributed by atoms with Gasteiger partial charge in [0.1, 0.15) is 24.4 Å². The third kappa shape index (κ3) is 45.5. The van der Waals surface area contributed by atoms with Gasteiger partial charge < -0.3 is 40.3 Å². The molecule has 1 amide bonds. The van der Waals surface area contributed by atoms with E-state index in [2.05, 4.69) is 104 Å². The molecule has 0 aromatic heterocycles. The summed E-state index contributed by atoms with van der Waals surface area (Å²) in [5, 5.41) is 54.5. The molecular formula is C68H119NO8. The number of amides is 1. The van der Waals surface area contributed by atoms with Crippen LogP contribution in [-0.2, 0) is 14.3 Å². The molecule has 6 N–H and O–H groups in total. The predicted octanol–water partition coefficient (Wildman–Crippen LogP) is 16.7. The molecule has 0 bridgehead atoms. The molecule has 1 aliphatic heterocycles. The van der Waals surface area contributed by atoms with Gasteiger partial charge >= 0.3 is 0 Å². The van der Waals surface area contributed by atoms with Crippen LogP contribution in [0.15, 0.2) is 97.2 Å². The maximum Gasteiger partial charge on any atom is 0.220 e. The van der Waals surface area contributed by atoms with Gasteiger partial charge in [-0.15, -0.1) is 0 Å². The van der Waals surface area contributed by atoms with Crippen molar-refractivity contribution in [3.05, 3.63) is 97.2 Å². The number of aliphatic hydroxyl groups is 5. The SMILES string of the molecule is CC/C=C\C/C=C\C/C=C\C/C=C\C/C=C\C/C=C\CCCCC(=O)NC(COC1OC(CO)C(O)C(O)C1O)C(O)/C=C/CC/C=C/CCCCCCCCCCCCCCCCCCCCCCCCCCCCC. The van der Waals surface area contributed by atoms with Crippen LogP contribution in [0.4, 0.5) is 0 Å². The first-order valence-electron chi connectivity index (χ1n) is 32.0. The van der Waals surface area contributed by atoms with E-state index in [0.717, 1.165) is 70.6 Å². The molecule has 9 heteroatoms. The third-order valence-corrected chi connectivity index (χ3v) is 14.6. The van der Waals surface area contributed by atoms with Gasteiger partial charge in [-0.1, -0.05) is 278 Å². The van der Waals surface area contributed by atoms with Crippen LogP contribution in [-0.4, -0.2) is 87.5 Å². The fourth-order valence-electron chi connectivity index (χ4n) is 9.65. The van der Waals surface area contributed by atoms with E-state index >= 15 is 0 Å². The van der Waals surface area contributed by atoms with E-state index in [-0.39, 0.29) is 18.9 Å². The molecule has 0 saturated carbocycles. The standard InChI is InChI=1S/C68H119NO8/c1-3-5-7-9-11-13-15-17-19-21-23-25-26-27-28-29-30-31-32-33-34-35-36-38-39-41-43-45-47-49-51-53-55-57-62(71)61(60-76-68-67(75)66(74)65(73)63(59-70)77-68)69-64(72)58-56-54-52-50-48-46-44-42-40-37-24-22-20-18-16-14-12-10-8-6-4-2/h6,8,12,14,18,20,24,37,42,44,47-50,55,57,61-63,65-68,70-71,73-75H,3-5,7,9-11,13,15-17,19,21-23,25-36,38-41,43,45-46,51-54,56,58-60H2,1-2H3,(H,69,72)/b8-6-,14-12-,20-18-,37-24-,44-42-,49-47+,50-48-,57-55+. The van der Waals surface area contributed by atoms with Crippen molar-refractivity contribution in [2.45, 2.75) is 314 Å². The van der Waals surface area contributed by atoms with Gasteiger partial charge in [-0.3, -0.25) is 4.79 Å². The van der Waals surface area contributed by atoms with Crippen molar-refractivity contribution in [3.63, 3.8) is 0 Å². The minimum absolute atomic E-state index is 0.224. The summed E-state index contributed by atoms with van der Waals surface area (Å²) in [6.45, 7) is 3.64. The summed E-state index contributed by atoms with van der Waals surface area (Å²) in [6, 6.07) is -0.853. The lowest BCUT2D eigenvalue weighted by Crippen LogP contribution is -2.60. The lowest BCUT2D eigenvalue weighted by molar-refractivity contribution is -0.302. The van der Waals surface area contributed by atoms with Gasteiger partial charge in [0.25, 0.3) is 0 Å². The van der Waals surface area contributed by atoms with Crippen molar-refractivity contribution >= 4 is 5.91 Å². The fourth-order valence-corrected chi connectivity index (χ4v) is 9.65. The Bertz CT molecular complexity index is 1530. The van der Waals surface area contributed by atoms with Gasteiger partial charge in [0, 0.05) is 6.42 Å². The smallest absolute Gasteiger partial charge is 0.220 e. The zero-order valence-electron chi connectivity index (χ0n) is 49.4. The summed E-state index contributed by atoms with van der Waals surface area (Å²) < 4.78 is 11.3. The third-order valence-electron chi connectivity index (χ3n) is 14.6. The Labute approximate surface area is 473 Å². The summed E-state index contributed by atoms with van der Waals surface area (Å²) in [5.74, 6) is -0.230. The van der Waals surface area contributed by atoms with Crippen LogP contribution in [0.1, 0.15) is 271 Å². The molecule has 1 aliphatic rings. The van der Waals surface area contributed by atoms with E-state index < -0.39 is 49.5 Å². The number of hydrogen-bond donors (Lipinski definition) is 6. The Morgan fingerprint density at radius 2 is 0.818 bits per heavy atom.